The van der Waals surface area contributed by atoms with E-state index in [0.717, 1.165) is 0 Å². The van der Waals surface area contributed by atoms with Gasteiger partial charge in [0.1, 0.15) is 5.56 Å². The number of hydrogen-bond donors (Lipinski definition) is 2. The molecule has 0 radical (unpaired) electrons. The number of nitro benzene ring substituents is 1. The SMILES string of the molecule is Cc1cccc([N+](=O)[O-])c1C(=O)NC(C)CN. The van der Waals surface area contributed by atoms with Crippen molar-refractivity contribution in [3.63, 3.8) is 0 Å². The molecule has 0 aliphatic heterocycles. The number of amides is 1. The van der Waals surface area contributed by atoms with Crippen LogP contribution in [0.1, 0.15) is 22.8 Å². The van der Waals surface area contributed by atoms with Gasteiger partial charge in [0.2, 0.25) is 0 Å². The molecule has 0 aliphatic rings. The number of rotatable bonds is 4. The van der Waals surface area contributed by atoms with Gasteiger partial charge in [-0.05, 0) is 19.4 Å². The summed E-state index contributed by atoms with van der Waals surface area (Å²) in [5.74, 6) is -0.465. The zero-order valence-corrected chi connectivity index (χ0v) is 9.77. The average Bonchev–Trinajstić information content (AvgIpc) is 2.28. The van der Waals surface area contributed by atoms with Crippen LogP contribution in [0.25, 0.3) is 0 Å². The second-order valence-corrected chi connectivity index (χ2v) is 3.84. The van der Waals surface area contributed by atoms with E-state index in [1.807, 2.05) is 0 Å². The highest BCUT2D eigenvalue weighted by Gasteiger charge is 2.22. The molecule has 1 aromatic rings. The van der Waals surface area contributed by atoms with Crippen molar-refractivity contribution in [3.8, 4) is 0 Å². The molecule has 17 heavy (non-hydrogen) atoms. The summed E-state index contributed by atoms with van der Waals surface area (Å²) in [6.45, 7) is 3.68. The number of nitrogens with two attached hydrogens (primary N) is 1. The van der Waals surface area contributed by atoms with Gasteiger partial charge < -0.3 is 11.1 Å². The molecular formula is C11H15N3O3. The maximum absolute atomic E-state index is 11.9. The van der Waals surface area contributed by atoms with E-state index in [4.69, 9.17) is 5.73 Å². The Morgan fingerprint density at radius 1 is 1.59 bits per heavy atom. The summed E-state index contributed by atoms with van der Waals surface area (Å²) in [5.41, 5.74) is 5.86. The molecule has 0 aromatic heterocycles. The van der Waals surface area contributed by atoms with Crippen LogP contribution in [0.4, 0.5) is 5.69 Å². The van der Waals surface area contributed by atoms with E-state index in [0.29, 0.717) is 5.56 Å². The first-order valence-electron chi connectivity index (χ1n) is 5.22. The molecule has 0 saturated heterocycles. The number of carbonyl (C=O) groups is 1. The van der Waals surface area contributed by atoms with Crippen LogP contribution in [0, 0.1) is 17.0 Å². The predicted molar refractivity (Wildman–Crippen MR) is 63.8 cm³/mol. The van der Waals surface area contributed by atoms with Gasteiger partial charge in [0.25, 0.3) is 11.6 Å². The lowest BCUT2D eigenvalue weighted by Crippen LogP contribution is -2.38. The van der Waals surface area contributed by atoms with Crippen molar-refractivity contribution in [2.75, 3.05) is 6.54 Å². The molecule has 1 aromatic carbocycles. The van der Waals surface area contributed by atoms with Crippen molar-refractivity contribution in [3.05, 3.63) is 39.4 Å². The standard InChI is InChI=1S/C11H15N3O3/c1-7-4-3-5-9(14(16)17)10(7)11(15)13-8(2)6-12/h3-5,8H,6,12H2,1-2H3,(H,13,15). The molecule has 6 heteroatoms. The summed E-state index contributed by atoms with van der Waals surface area (Å²) >= 11 is 0. The number of nitrogens with one attached hydrogen (secondary N) is 1. The predicted octanol–water partition coefficient (Wildman–Crippen LogP) is 0.980. The van der Waals surface area contributed by atoms with Crippen LogP contribution >= 0.6 is 0 Å². The molecular weight excluding hydrogens is 222 g/mol. The normalized spacial score (nSPS) is 11.9. The number of aryl methyl sites for hydroxylation is 1. The smallest absolute Gasteiger partial charge is 0.282 e. The number of benzene rings is 1. The summed E-state index contributed by atoms with van der Waals surface area (Å²) in [4.78, 5) is 22.2. The Labute approximate surface area is 99.0 Å². The van der Waals surface area contributed by atoms with E-state index in [1.54, 1.807) is 26.0 Å². The average molecular weight is 237 g/mol. The topological polar surface area (TPSA) is 98.3 Å². The Morgan fingerprint density at radius 3 is 2.76 bits per heavy atom. The van der Waals surface area contributed by atoms with Crippen LogP contribution in [0.15, 0.2) is 18.2 Å². The maximum atomic E-state index is 11.9. The second-order valence-electron chi connectivity index (χ2n) is 3.84. The molecule has 0 aliphatic carbocycles. The fourth-order valence-corrected chi connectivity index (χ4v) is 1.45. The van der Waals surface area contributed by atoms with E-state index in [-0.39, 0.29) is 23.8 Å². The van der Waals surface area contributed by atoms with Crippen molar-refractivity contribution in [2.24, 2.45) is 5.73 Å². The molecule has 1 atom stereocenters. The quantitative estimate of drug-likeness (QED) is 0.602. The third kappa shape index (κ3) is 3.01. The number of nitrogens with zero attached hydrogens (tertiary/aromatic N) is 1. The van der Waals surface area contributed by atoms with Gasteiger partial charge in [-0.1, -0.05) is 12.1 Å². The summed E-state index contributed by atoms with van der Waals surface area (Å²) < 4.78 is 0. The van der Waals surface area contributed by atoms with Gasteiger partial charge in [-0.25, -0.2) is 0 Å². The van der Waals surface area contributed by atoms with E-state index >= 15 is 0 Å². The highest BCUT2D eigenvalue weighted by molar-refractivity contribution is 5.99. The molecule has 6 nitrogen and oxygen atoms in total. The molecule has 0 bridgehead atoms. The minimum atomic E-state index is -0.560. The van der Waals surface area contributed by atoms with Gasteiger partial charge in [-0.3, -0.25) is 14.9 Å². The van der Waals surface area contributed by atoms with Crippen molar-refractivity contribution in [1.82, 2.24) is 5.32 Å². The van der Waals surface area contributed by atoms with E-state index < -0.39 is 10.8 Å². The molecule has 0 spiro atoms. The summed E-state index contributed by atoms with van der Waals surface area (Å²) in [7, 11) is 0. The molecule has 1 rings (SSSR count). The molecule has 0 fully saturated rings. The zero-order valence-electron chi connectivity index (χ0n) is 9.77. The van der Waals surface area contributed by atoms with E-state index in [9.17, 15) is 14.9 Å². The van der Waals surface area contributed by atoms with Crippen molar-refractivity contribution in [2.45, 2.75) is 19.9 Å². The number of hydrogen-bond acceptors (Lipinski definition) is 4. The minimum absolute atomic E-state index is 0.0952. The molecule has 0 heterocycles. The van der Waals surface area contributed by atoms with Crippen LogP contribution in [-0.4, -0.2) is 23.4 Å². The fourth-order valence-electron chi connectivity index (χ4n) is 1.45. The van der Waals surface area contributed by atoms with Crippen molar-refractivity contribution in [1.29, 1.82) is 0 Å². The van der Waals surface area contributed by atoms with Gasteiger partial charge in [0.05, 0.1) is 4.92 Å². The van der Waals surface area contributed by atoms with Gasteiger partial charge in [0, 0.05) is 18.7 Å². The molecule has 1 amide bonds. The Balaban J connectivity index is 3.11. The molecule has 92 valence electrons. The van der Waals surface area contributed by atoms with Crippen molar-refractivity contribution < 1.29 is 9.72 Å². The van der Waals surface area contributed by atoms with E-state index in [2.05, 4.69) is 5.32 Å². The lowest BCUT2D eigenvalue weighted by molar-refractivity contribution is -0.385. The molecule has 0 saturated carbocycles. The summed E-state index contributed by atoms with van der Waals surface area (Å²) in [6.07, 6.45) is 0. The summed E-state index contributed by atoms with van der Waals surface area (Å²) in [6, 6.07) is 4.31. The third-order valence-electron chi connectivity index (χ3n) is 2.41. The minimum Gasteiger partial charge on any atom is -0.348 e. The molecule has 3 N–H and O–H groups in total. The highest BCUT2D eigenvalue weighted by Crippen LogP contribution is 2.21. The lowest BCUT2D eigenvalue weighted by atomic mass is 10.1. The first kappa shape index (κ1) is 13.1. The van der Waals surface area contributed by atoms with Crippen LogP contribution < -0.4 is 11.1 Å². The zero-order chi connectivity index (χ0) is 13.0. The van der Waals surface area contributed by atoms with Gasteiger partial charge in [0.15, 0.2) is 0 Å². The van der Waals surface area contributed by atoms with E-state index in [1.165, 1.54) is 6.07 Å². The Bertz CT molecular complexity index is 446. The largest absolute Gasteiger partial charge is 0.348 e. The third-order valence-corrected chi connectivity index (χ3v) is 2.41. The van der Waals surface area contributed by atoms with Gasteiger partial charge in [-0.2, -0.15) is 0 Å². The monoisotopic (exact) mass is 237 g/mol. The first-order valence-corrected chi connectivity index (χ1v) is 5.22. The van der Waals surface area contributed by atoms with Crippen LogP contribution in [-0.2, 0) is 0 Å². The Kier molecular flexibility index (Phi) is 4.17. The first-order chi connectivity index (χ1) is 7.97. The number of nitro groups is 1. The Hall–Kier alpha value is -1.95. The maximum Gasteiger partial charge on any atom is 0.282 e. The van der Waals surface area contributed by atoms with Crippen LogP contribution in [0.2, 0.25) is 0 Å². The Morgan fingerprint density at radius 2 is 2.24 bits per heavy atom. The lowest BCUT2D eigenvalue weighted by Gasteiger charge is -2.12. The fraction of sp³-hybridized carbons (Fsp3) is 0.364. The van der Waals surface area contributed by atoms with Crippen LogP contribution in [0.3, 0.4) is 0 Å². The van der Waals surface area contributed by atoms with Gasteiger partial charge >= 0.3 is 0 Å². The van der Waals surface area contributed by atoms with Crippen LogP contribution in [0.5, 0.6) is 0 Å². The molecule has 1 unspecified atom stereocenters. The van der Waals surface area contributed by atoms with Gasteiger partial charge in [-0.15, -0.1) is 0 Å². The van der Waals surface area contributed by atoms with Crippen molar-refractivity contribution >= 4 is 11.6 Å². The highest BCUT2D eigenvalue weighted by atomic mass is 16.6. The summed E-state index contributed by atoms with van der Waals surface area (Å²) in [5, 5.41) is 13.4. The number of carbonyl (C=O) groups excluding carboxylic acids is 1. The second kappa shape index (κ2) is 5.40.